The van der Waals surface area contributed by atoms with E-state index in [1.54, 1.807) is 0 Å². The summed E-state index contributed by atoms with van der Waals surface area (Å²) >= 11 is 1.50. The highest BCUT2D eigenvalue weighted by Crippen LogP contribution is 2.37. The average molecular weight is 323 g/mol. The molecule has 3 rings (SSSR count). The summed E-state index contributed by atoms with van der Waals surface area (Å²) in [6, 6.07) is 0.870. The molecule has 1 unspecified atom stereocenters. The number of carbonyl (C=O) groups is 1. The molecule has 6 nitrogen and oxygen atoms in total. The van der Waals surface area contributed by atoms with Crippen LogP contribution in [0.25, 0.3) is 0 Å². The lowest BCUT2D eigenvalue weighted by molar-refractivity contribution is -0.133. The van der Waals surface area contributed by atoms with Crippen LogP contribution in [-0.2, 0) is 4.79 Å². The van der Waals surface area contributed by atoms with E-state index in [1.807, 2.05) is 11.6 Å². The maximum absolute atomic E-state index is 12.8. The van der Waals surface area contributed by atoms with E-state index in [9.17, 15) is 4.79 Å². The van der Waals surface area contributed by atoms with Gasteiger partial charge in [0.15, 0.2) is 0 Å². The van der Waals surface area contributed by atoms with Gasteiger partial charge in [-0.05, 0) is 50.0 Å². The molecule has 22 heavy (non-hydrogen) atoms. The van der Waals surface area contributed by atoms with E-state index in [1.165, 1.54) is 31.0 Å². The predicted octanol–water partition coefficient (Wildman–Crippen LogP) is 2.67. The van der Waals surface area contributed by atoms with E-state index < -0.39 is 0 Å². The van der Waals surface area contributed by atoms with Crippen LogP contribution < -0.4 is 0 Å². The maximum Gasteiger partial charge on any atom is 0.236 e. The first-order valence-corrected chi connectivity index (χ1v) is 9.33. The Labute approximate surface area is 136 Å². The first kappa shape index (κ1) is 15.8. The molecule has 1 aromatic heterocycles. The molecule has 0 aromatic carbocycles. The van der Waals surface area contributed by atoms with E-state index in [0.717, 1.165) is 37.4 Å². The van der Waals surface area contributed by atoms with Gasteiger partial charge in [-0.1, -0.05) is 31.0 Å². The first-order valence-electron chi connectivity index (χ1n) is 8.45. The van der Waals surface area contributed by atoms with Crippen molar-refractivity contribution < 1.29 is 4.79 Å². The van der Waals surface area contributed by atoms with Crippen LogP contribution in [0.3, 0.4) is 0 Å². The molecular weight excluding hydrogens is 298 g/mol. The van der Waals surface area contributed by atoms with Crippen molar-refractivity contribution in [2.45, 2.75) is 81.3 Å². The molecule has 0 radical (unpaired) electrons. The number of nitrogens with zero attached hydrogens (tertiary/aromatic N) is 5. The normalized spacial score (nSPS) is 20.8. The van der Waals surface area contributed by atoms with Crippen LogP contribution in [0.5, 0.6) is 0 Å². The van der Waals surface area contributed by atoms with Crippen molar-refractivity contribution in [3.05, 3.63) is 0 Å². The highest BCUT2D eigenvalue weighted by atomic mass is 32.2. The van der Waals surface area contributed by atoms with E-state index >= 15 is 0 Å². The third-order valence-electron chi connectivity index (χ3n) is 4.62. The minimum Gasteiger partial charge on any atom is -0.339 e. The maximum atomic E-state index is 12.8. The third kappa shape index (κ3) is 3.45. The average Bonchev–Trinajstić information content (AvgIpc) is 3.29. The lowest BCUT2D eigenvalue weighted by atomic mass is 9.94. The molecule has 2 saturated carbocycles. The van der Waals surface area contributed by atoms with Crippen molar-refractivity contribution in [1.29, 1.82) is 0 Å². The predicted molar refractivity (Wildman–Crippen MR) is 85.7 cm³/mol. The summed E-state index contributed by atoms with van der Waals surface area (Å²) < 4.78 is 1.88. The summed E-state index contributed by atoms with van der Waals surface area (Å²) in [6.45, 7) is 4.85. The van der Waals surface area contributed by atoms with Crippen LogP contribution in [-0.4, -0.2) is 48.9 Å². The number of amides is 1. The zero-order chi connectivity index (χ0) is 15.5. The number of tetrazole rings is 1. The molecule has 2 fully saturated rings. The molecule has 1 amide bonds. The number of thioether (sulfide) groups is 1. The number of hydrogen-bond acceptors (Lipinski definition) is 5. The van der Waals surface area contributed by atoms with Crippen molar-refractivity contribution >= 4 is 17.7 Å². The summed E-state index contributed by atoms with van der Waals surface area (Å²) in [5.41, 5.74) is 0. The van der Waals surface area contributed by atoms with Crippen LogP contribution in [0.15, 0.2) is 5.16 Å². The van der Waals surface area contributed by atoms with Crippen molar-refractivity contribution in [2.24, 2.45) is 0 Å². The minimum absolute atomic E-state index is 0.134. The molecule has 1 atom stereocenters. The van der Waals surface area contributed by atoms with Gasteiger partial charge in [0.25, 0.3) is 0 Å². The first-order chi connectivity index (χ1) is 10.7. The Balaban J connectivity index is 1.63. The molecule has 0 N–H and O–H groups in total. The molecule has 0 spiro atoms. The van der Waals surface area contributed by atoms with Crippen LogP contribution in [0.1, 0.15) is 64.8 Å². The summed E-state index contributed by atoms with van der Waals surface area (Å²) in [5, 5.41) is 12.6. The SMILES string of the molecule is CCN(C(=O)C(C)Sc1nnnn1C1CC1)C1CCCCC1. The molecule has 1 aromatic rings. The molecule has 2 aliphatic carbocycles. The van der Waals surface area contributed by atoms with Gasteiger partial charge in [-0.2, -0.15) is 0 Å². The minimum atomic E-state index is -0.134. The van der Waals surface area contributed by atoms with Gasteiger partial charge in [0.1, 0.15) is 0 Å². The van der Waals surface area contributed by atoms with E-state index in [4.69, 9.17) is 0 Å². The van der Waals surface area contributed by atoms with E-state index in [-0.39, 0.29) is 11.2 Å². The van der Waals surface area contributed by atoms with Gasteiger partial charge in [-0.25, -0.2) is 4.68 Å². The molecule has 7 heteroatoms. The van der Waals surface area contributed by atoms with Gasteiger partial charge in [-0.3, -0.25) is 4.79 Å². The second-order valence-electron chi connectivity index (χ2n) is 6.31. The van der Waals surface area contributed by atoms with Gasteiger partial charge in [0.05, 0.1) is 11.3 Å². The standard InChI is InChI=1S/C15H25N5OS/c1-3-19(12-7-5-4-6-8-12)14(21)11(2)22-15-16-17-18-20(15)13-9-10-13/h11-13H,3-10H2,1-2H3. The quantitative estimate of drug-likeness (QED) is 0.753. The van der Waals surface area contributed by atoms with Crippen molar-refractivity contribution in [2.75, 3.05) is 6.54 Å². The summed E-state index contributed by atoms with van der Waals surface area (Å²) in [6.07, 6.45) is 8.39. The van der Waals surface area contributed by atoms with E-state index in [2.05, 4.69) is 27.3 Å². The number of carbonyl (C=O) groups excluding carboxylic acids is 1. The van der Waals surface area contributed by atoms with Crippen LogP contribution in [0.2, 0.25) is 0 Å². The lowest BCUT2D eigenvalue weighted by Gasteiger charge is -2.35. The fourth-order valence-corrected chi connectivity index (χ4v) is 4.17. The Bertz CT molecular complexity index is 510. The fourth-order valence-electron chi connectivity index (χ4n) is 3.24. The lowest BCUT2D eigenvalue weighted by Crippen LogP contribution is -2.44. The number of aromatic nitrogens is 4. The zero-order valence-electron chi connectivity index (χ0n) is 13.4. The van der Waals surface area contributed by atoms with Gasteiger partial charge in [-0.15, -0.1) is 5.10 Å². The van der Waals surface area contributed by atoms with Gasteiger partial charge in [0, 0.05) is 12.6 Å². The van der Waals surface area contributed by atoms with Crippen molar-refractivity contribution in [1.82, 2.24) is 25.1 Å². The summed E-state index contributed by atoms with van der Waals surface area (Å²) in [4.78, 5) is 14.9. The Kier molecular flexibility index (Phi) is 5.00. The Morgan fingerprint density at radius 1 is 1.32 bits per heavy atom. The molecule has 0 bridgehead atoms. The Hall–Kier alpha value is -1.11. The third-order valence-corrected chi connectivity index (χ3v) is 5.66. The fraction of sp³-hybridized carbons (Fsp3) is 0.867. The van der Waals surface area contributed by atoms with Crippen molar-refractivity contribution in [3.63, 3.8) is 0 Å². The molecule has 1 heterocycles. The monoisotopic (exact) mass is 323 g/mol. The van der Waals surface area contributed by atoms with Gasteiger partial charge >= 0.3 is 0 Å². The van der Waals surface area contributed by atoms with Crippen LogP contribution >= 0.6 is 11.8 Å². The Morgan fingerprint density at radius 3 is 2.68 bits per heavy atom. The second-order valence-corrected chi connectivity index (χ2v) is 7.62. The summed E-state index contributed by atoms with van der Waals surface area (Å²) in [5.74, 6) is 0.227. The topological polar surface area (TPSA) is 63.9 Å². The summed E-state index contributed by atoms with van der Waals surface area (Å²) in [7, 11) is 0. The smallest absolute Gasteiger partial charge is 0.236 e. The number of rotatable bonds is 6. The van der Waals surface area contributed by atoms with Gasteiger partial charge < -0.3 is 4.90 Å². The van der Waals surface area contributed by atoms with E-state index in [0.29, 0.717) is 12.1 Å². The van der Waals surface area contributed by atoms with Gasteiger partial charge in [0.2, 0.25) is 11.1 Å². The molecule has 122 valence electrons. The molecule has 2 aliphatic rings. The zero-order valence-corrected chi connectivity index (χ0v) is 14.3. The van der Waals surface area contributed by atoms with Crippen LogP contribution in [0.4, 0.5) is 0 Å². The highest BCUT2D eigenvalue weighted by molar-refractivity contribution is 8.00. The largest absolute Gasteiger partial charge is 0.339 e. The highest BCUT2D eigenvalue weighted by Gasteiger charge is 2.32. The van der Waals surface area contributed by atoms with Crippen molar-refractivity contribution in [3.8, 4) is 0 Å². The van der Waals surface area contributed by atoms with Crippen LogP contribution in [0, 0.1) is 0 Å². The number of hydrogen-bond donors (Lipinski definition) is 0. The Morgan fingerprint density at radius 2 is 2.05 bits per heavy atom. The molecular formula is C15H25N5OS. The second kappa shape index (κ2) is 6.98. The molecule has 0 aliphatic heterocycles. The molecule has 0 saturated heterocycles.